The molecule has 24 heavy (non-hydrogen) atoms. The highest BCUT2D eigenvalue weighted by atomic mass is 32.2. The van der Waals surface area contributed by atoms with Gasteiger partial charge in [-0.25, -0.2) is 0 Å². The average Bonchev–Trinajstić information content (AvgIpc) is 2.53. The van der Waals surface area contributed by atoms with E-state index >= 15 is 0 Å². The second-order valence-corrected chi connectivity index (χ2v) is 7.02. The van der Waals surface area contributed by atoms with Crippen LogP contribution in [0.2, 0.25) is 0 Å². The van der Waals surface area contributed by atoms with Crippen LogP contribution in [0, 0.1) is 0 Å². The van der Waals surface area contributed by atoms with Crippen molar-refractivity contribution in [3.8, 4) is 17.2 Å². The van der Waals surface area contributed by atoms with Crippen molar-refractivity contribution in [2.45, 2.75) is 43.9 Å². The van der Waals surface area contributed by atoms with Gasteiger partial charge in [0, 0.05) is 0 Å². The van der Waals surface area contributed by atoms with Gasteiger partial charge >= 0.3 is 0 Å². The van der Waals surface area contributed by atoms with Crippen molar-refractivity contribution >= 4 is 10.1 Å². The number of aromatic hydroxyl groups is 1. The van der Waals surface area contributed by atoms with Crippen molar-refractivity contribution < 1.29 is 22.8 Å². The zero-order valence-corrected chi connectivity index (χ0v) is 14.4. The first-order chi connectivity index (χ1) is 11.4. The molecule has 0 radical (unpaired) electrons. The highest BCUT2D eigenvalue weighted by Gasteiger charge is 2.16. The van der Waals surface area contributed by atoms with Gasteiger partial charge in [-0.05, 0) is 48.7 Å². The second kappa shape index (κ2) is 8.17. The number of unbranched alkanes of at least 4 members (excludes halogenated alkanes) is 3. The molecule has 0 aliphatic rings. The molecular weight excluding hydrogens is 328 g/mol. The Labute approximate surface area is 142 Å². The maximum atomic E-state index is 11.5. The first-order valence-electron chi connectivity index (χ1n) is 7.98. The highest BCUT2D eigenvalue weighted by Crippen LogP contribution is 2.32. The minimum absolute atomic E-state index is 0.000789. The molecule has 0 unspecified atom stereocenters. The van der Waals surface area contributed by atoms with Gasteiger partial charge in [-0.3, -0.25) is 4.55 Å². The number of hydrogen-bond acceptors (Lipinski definition) is 4. The van der Waals surface area contributed by atoms with E-state index in [0.29, 0.717) is 17.7 Å². The van der Waals surface area contributed by atoms with Gasteiger partial charge in [0.05, 0.1) is 4.90 Å². The maximum Gasteiger partial charge on any atom is 0.294 e. The van der Waals surface area contributed by atoms with E-state index in [9.17, 15) is 18.1 Å². The number of rotatable bonds is 8. The molecule has 2 N–H and O–H groups in total. The molecule has 6 heteroatoms. The maximum absolute atomic E-state index is 11.5. The molecule has 0 heterocycles. The fraction of sp³-hybridized carbons (Fsp3) is 0.333. The summed E-state index contributed by atoms with van der Waals surface area (Å²) < 4.78 is 38.1. The van der Waals surface area contributed by atoms with Gasteiger partial charge in [-0.1, -0.05) is 38.3 Å². The van der Waals surface area contributed by atoms with Gasteiger partial charge in [0.1, 0.15) is 5.75 Å². The van der Waals surface area contributed by atoms with E-state index in [1.807, 2.05) is 0 Å². The standard InChI is InChI=1S/C18H22O5S/c1-2-3-4-5-8-14-13-15(11-12-18(14)24(20,21)22)23-17-10-7-6-9-16(17)19/h6-7,9-13,19H,2-5,8H2,1H3,(H,20,21,22). The van der Waals surface area contributed by atoms with Crippen LogP contribution in [-0.2, 0) is 16.5 Å². The predicted octanol–water partition coefficient (Wildman–Crippen LogP) is 4.55. The van der Waals surface area contributed by atoms with Crippen molar-refractivity contribution in [2.24, 2.45) is 0 Å². The van der Waals surface area contributed by atoms with Gasteiger partial charge < -0.3 is 9.84 Å². The van der Waals surface area contributed by atoms with E-state index in [1.54, 1.807) is 24.3 Å². The van der Waals surface area contributed by atoms with Gasteiger partial charge in [0.25, 0.3) is 10.1 Å². The van der Waals surface area contributed by atoms with E-state index in [1.165, 1.54) is 18.2 Å². The van der Waals surface area contributed by atoms with Gasteiger partial charge in [-0.2, -0.15) is 8.42 Å². The number of phenols is 1. The van der Waals surface area contributed by atoms with Crippen LogP contribution in [0.5, 0.6) is 17.2 Å². The topological polar surface area (TPSA) is 83.8 Å². The van der Waals surface area contributed by atoms with Crippen LogP contribution in [0.1, 0.15) is 38.2 Å². The first-order valence-corrected chi connectivity index (χ1v) is 9.42. The summed E-state index contributed by atoms with van der Waals surface area (Å²) in [5.41, 5.74) is 0.515. The van der Waals surface area contributed by atoms with Crippen LogP contribution in [0.3, 0.4) is 0 Å². The summed E-state index contributed by atoms with van der Waals surface area (Å²) in [6.45, 7) is 2.10. The molecule has 0 saturated carbocycles. The van der Waals surface area contributed by atoms with Crippen LogP contribution >= 0.6 is 0 Å². The molecule has 0 saturated heterocycles. The minimum Gasteiger partial charge on any atom is -0.504 e. The van der Waals surface area contributed by atoms with Crippen LogP contribution in [0.25, 0.3) is 0 Å². The molecule has 0 aliphatic heterocycles. The normalized spacial score (nSPS) is 11.4. The molecule has 0 aliphatic carbocycles. The Hall–Kier alpha value is -2.05. The van der Waals surface area contributed by atoms with Crippen molar-refractivity contribution in [1.82, 2.24) is 0 Å². The van der Waals surface area contributed by atoms with Crippen LogP contribution in [0.4, 0.5) is 0 Å². The van der Waals surface area contributed by atoms with Crippen LogP contribution in [0.15, 0.2) is 47.4 Å². The lowest BCUT2D eigenvalue weighted by Gasteiger charge is -2.12. The molecule has 0 spiro atoms. The lowest BCUT2D eigenvalue weighted by Crippen LogP contribution is -2.04. The first kappa shape index (κ1) is 18.3. The van der Waals surface area contributed by atoms with E-state index < -0.39 is 10.1 Å². The Morgan fingerprint density at radius 3 is 2.46 bits per heavy atom. The Balaban J connectivity index is 2.26. The molecule has 0 atom stereocenters. The Kier molecular flexibility index (Phi) is 6.23. The average molecular weight is 350 g/mol. The smallest absolute Gasteiger partial charge is 0.294 e. The summed E-state index contributed by atoms with van der Waals surface area (Å²) in [4.78, 5) is -0.0939. The number of para-hydroxylation sites is 2. The summed E-state index contributed by atoms with van der Waals surface area (Å²) in [6, 6.07) is 10.9. The zero-order valence-electron chi connectivity index (χ0n) is 13.6. The van der Waals surface area contributed by atoms with E-state index in [0.717, 1.165) is 25.7 Å². The quantitative estimate of drug-likeness (QED) is 0.539. The van der Waals surface area contributed by atoms with Crippen molar-refractivity contribution in [3.05, 3.63) is 48.0 Å². The molecule has 2 aromatic rings. The largest absolute Gasteiger partial charge is 0.504 e. The Morgan fingerprint density at radius 1 is 1.04 bits per heavy atom. The monoisotopic (exact) mass is 350 g/mol. The molecule has 0 aromatic heterocycles. The number of hydrogen-bond donors (Lipinski definition) is 2. The lowest BCUT2D eigenvalue weighted by atomic mass is 10.1. The molecule has 0 bridgehead atoms. The molecule has 2 aromatic carbocycles. The molecule has 130 valence electrons. The van der Waals surface area contributed by atoms with Gasteiger partial charge in [-0.15, -0.1) is 0 Å². The molecule has 0 fully saturated rings. The summed E-state index contributed by atoms with van der Waals surface area (Å²) in [7, 11) is -4.28. The van der Waals surface area contributed by atoms with Crippen molar-refractivity contribution in [3.63, 3.8) is 0 Å². The fourth-order valence-electron chi connectivity index (χ4n) is 2.48. The van der Waals surface area contributed by atoms with Crippen LogP contribution < -0.4 is 4.74 Å². The third-order valence-electron chi connectivity index (χ3n) is 3.70. The lowest BCUT2D eigenvalue weighted by molar-refractivity contribution is 0.410. The zero-order chi connectivity index (χ0) is 17.6. The molecule has 5 nitrogen and oxygen atoms in total. The van der Waals surface area contributed by atoms with Crippen molar-refractivity contribution in [1.29, 1.82) is 0 Å². The molecule has 2 rings (SSSR count). The number of ether oxygens (including phenoxy) is 1. The summed E-state index contributed by atoms with van der Waals surface area (Å²) >= 11 is 0. The number of benzene rings is 2. The van der Waals surface area contributed by atoms with Gasteiger partial charge in [0.15, 0.2) is 11.5 Å². The minimum atomic E-state index is -4.28. The van der Waals surface area contributed by atoms with Crippen molar-refractivity contribution in [2.75, 3.05) is 0 Å². The predicted molar refractivity (Wildman–Crippen MR) is 92.3 cm³/mol. The third kappa shape index (κ3) is 4.97. The Bertz CT molecular complexity index is 784. The molecule has 0 amide bonds. The number of aryl methyl sites for hydroxylation is 1. The Morgan fingerprint density at radius 2 is 1.79 bits per heavy atom. The van der Waals surface area contributed by atoms with Gasteiger partial charge in [0.2, 0.25) is 0 Å². The van der Waals surface area contributed by atoms with E-state index in [4.69, 9.17) is 4.74 Å². The second-order valence-electron chi connectivity index (χ2n) is 5.63. The van der Waals surface area contributed by atoms with E-state index in [-0.39, 0.29) is 16.4 Å². The fourth-order valence-corrected chi connectivity index (χ4v) is 3.21. The highest BCUT2D eigenvalue weighted by molar-refractivity contribution is 7.85. The summed E-state index contributed by atoms with van der Waals surface area (Å²) in [6.07, 6.45) is 4.52. The molecular formula is C18H22O5S. The SMILES string of the molecule is CCCCCCc1cc(Oc2ccccc2O)ccc1S(=O)(=O)O. The van der Waals surface area contributed by atoms with E-state index in [2.05, 4.69) is 6.92 Å². The summed E-state index contributed by atoms with van der Waals surface area (Å²) in [5.74, 6) is 0.698. The van der Waals surface area contributed by atoms with Crippen LogP contribution in [-0.4, -0.2) is 18.1 Å². The third-order valence-corrected chi connectivity index (χ3v) is 4.66. The summed E-state index contributed by atoms with van der Waals surface area (Å²) in [5, 5.41) is 9.76. The number of phenolic OH excluding ortho intramolecular Hbond substituents is 1.